The van der Waals surface area contributed by atoms with E-state index in [-0.39, 0.29) is 11.7 Å². The van der Waals surface area contributed by atoms with E-state index in [1.165, 1.54) is 32.6 Å². The molecule has 0 aliphatic heterocycles. The maximum absolute atomic E-state index is 12.5. The van der Waals surface area contributed by atoms with Crippen molar-refractivity contribution in [3.63, 3.8) is 0 Å². The first-order valence-electron chi connectivity index (χ1n) is 9.26. The number of carbonyl (C=O) groups excluding carboxylic acids is 2. The number of aromatic nitrogens is 1. The zero-order valence-corrected chi connectivity index (χ0v) is 15.1. The van der Waals surface area contributed by atoms with Gasteiger partial charge in [-0.05, 0) is 38.0 Å². The van der Waals surface area contributed by atoms with Gasteiger partial charge in [-0.1, -0.05) is 37.8 Å². The number of Topliss-reactive ketones (excluding diaryl/α,β-unsaturated/α-hetero) is 1. The van der Waals surface area contributed by atoms with Gasteiger partial charge >= 0.3 is 0 Å². The minimum atomic E-state index is -0.234. The molecule has 5 nitrogen and oxygen atoms in total. The summed E-state index contributed by atoms with van der Waals surface area (Å²) in [5.41, 5.74) is 2.55. The van der Waals surface area contributed by atoms with Crippen molar-refractivity contribution < 1.29 is 9.59 Å². The molecular formula is C21H25N3O2. The highest BCUT2D eigenvalue weighted by atomic mass is 16.1. The number of hydrogen-bond acceptors (Lipinski definition) is 4. The summed E-state index contributed by atoms with van der Waals surface area (Å²) in [6.45, 7) is 1.51. The molecule has 0 saturated heterocycles. The van der Waals surface area contributed by atoms with E-state index in [4.69, 9.17) is 0 Å². The molecule has 1 fully saturated rings. The third-order valence-electron chi connectivity index (χ3n) is 4.75. The van der Waals surface area contributed by atoms with Crippen molar-refractivity contribution in [3.8, 4) is 0 Å². The van der Waals surface area contributed by atoms with Crippen LogP contribution in [-0.4, -0.2) is 22.7 Å². The number of ketones is 1. The summed E-state index contributed by atoms with van der Waals surface area (Å²) in [4.78, 5) is 28.2. The van der Waals surface area contributed by atoms with Gasteiger partial charge in [0.15, 0.2) is 5.78 Å². The Bertz CT molecular complexity index is 780. The summed E-state index contributed by atoms with van der Waals surface area (Å²) in [5, 5.41) is 6.35. The second kappa shape index (κ2) is 8.61. The average Bonchev–Trinajstić information content (AvgIpc) is 2.91. The smallest absolute Gasteiger partial charge is 0.257 e. The Balaban J connectivity index is 1.68. The number of benzene rings is 1. The second-order valence-electron chi connectivity index (χ2n) is 6.89. The molecule has 5 heteroatoms. The Kier molecular flexibility index (Phi) is 6.00. The van der Waals surface area contributed by atoms with Crippen LogP contribution in [0.15, 0.2) is 42.7 Å². The molecule has 26 heavy (non-hydrogen) atoms. The zero-order chi connectivity index (χ0) is 18.4. The summed E-state index contributed by atoms with van der Waals surface area (Å²) < 4.78 is 0. The molecule has 0 bridgehead atoms. The average molecular weight is 351 g/mol. The summed E-state index contributed by atoms with van der Waals surface area (Å²) in [7, 11) is 0. The van der Waals surface area contributed by atoms with E-state index >= 15 is 0 Å². The van der Waals surface area contributed by atoms with Crippen LogP contribution in [0.5, 0.6) is 0 Å². The predicted octanol–water partition coefficient (Wildman–Crippen LogP) is 4.67. The minimum Gasteiger partial charge on any atom is -0.381 e. The van der Waals surface area contributed by atoms with Crippen LogP contribution in [-0.2, 0) is 0 Å². The molecule has 1 aliphatic rings. The van der Waals surface area contributed by atoms with Gasteiger partial charge in [-0.15, -0.1) is 0 Å². The third kappa shape index (κ3) is 4.91. The summed E-state index contributed by atoms with van der Waals surface area (Å²) in [6, 6.07) is 9.23. The van der Waals surface area contributed by atoms with Crippen molar-refractivity contribution in [2.75, 3.05) is 10.6 Å². The molecule has 1 aromatic carbocycles. The molecule has 1 saturated carbocycles. The van der Waals surface area contributed by atoms with Gasteiger partial charge in [0.05, 0.1) is 11.3 Å². The molecule has 2 aromatic rings. The van der Waals surface area contributed by atoms with Crippen LogP contribution in [0.3, 0.4) is 0 Å². The van der Waals surface area contributed by atoms with E-state index in [0.29, 0.717) is 22.9 Å². The number of carbonyl (C=O) groups is 2. The van der Waals surface area contributed by atoms with Crippen molar-refractivity contribution in [1.29, 1.82) is 0 Å². The third-order valence-corrected chi connectivity index (χ3v) is 4.75. The number of hydrogen-bond donors (Lipinski definition) is 2. The largest absolute Gasteiger partial charge is 0.381 e. The van der Waals surface area contributed by atoms with Crippen molar-refractivity contribution in [1.82, 2.24) is 4.98 Å². The first kappa shape index (κ1) is 18.1. The van der Waals surface area contributed by atoms with Crippen LogP contribution in [0.25, 0.3) is 0 Å². The van der Waals surface area contributed by atoms with E-state index in [9.17, 15) is 9.59 Å². The summed E-state index contributed by atoms with van der Waals surface area (Å²) in [5.74, 6) is -0.264. The minimum absolute atomic E-state index is 0.0302. The van der Waals surface area contributed by atoms with Gasteiger partial charge < -0.3 is 10.6 Å². The molecule has 0 unspecified atom stereocenters. The number of rotatable bonds is 5. The maximum atomic E-state index is 12.5. The number of anilines is 2. The monoisotopic (exact) mass is 351 g/mol. The zero-order valence-electron chi connectivity index (χ0n) is 15.1. The molecule has 1 aliphatic carbocycles. The highest BCUT2D eigenvalue weighted by Gasteiger charge is 2.14. The number of nitrogens with one attached hydrogen (secondary N) is 2. The van der Waals surface area contributed by atoms with E-state index in [1.807, 2.05) is 6.07 Å². The lowest BCUT2D eigenvalue weighted by Crippen LogP contribution is -2.19. The highest BCUT2D eigenvalue weighted by Crippen LogP contribution is 2.21. The SMILES string of the molecule is CC(=O)c1cccc(NC(=O)c2cncc(NC3CCCCCC3)c2)c1. The van der Waals surface area contributed by atoms with Gasteiger partial charge in [0.25, 0.3) is 5.91 Å². The Morgan fingerprint density at radius 1 is 0.962 bits per heavy atom. The summed E-state index contributed by atoms with van der Waals surface area (Å²) >= 11 is 0. The number of nitrogens with zero attached hydrogens (tertiary/aromatic N) is 1. The quantitative estimate of drug-likeness (QED) is 0.606. The van der Waals surface area contributed by atoms with E-state index in [2.05, 4.69) is 15.6 Å². The van der Waals surface area contributed by atoms with Gasteiger partial charge in [0.2, 0.25) is 0 Å². The van der Waals surface area contributed by atoms with Crippen molar-refractivity contribution in [3.05, 3.63) is 53.9 Å². The van der Waals surface area contributed by atoms with Crippen LogP contribution < -0.4 is 10.6 Å². The van der Waals surface area contributed by atoms with Crippen LogP contribution in [0.2, 0.25) is 0 Å². The Morgan fingerprint density at radius 3 is 2.42 bits per heavy atom. The van der Waals surface area contributed by atoms with E-state index in [1.54, 1.807) is 36.7 Å². The Morgan fingerprint density at radius 2 is 1.69 bits per heavy atom. The van der Waals surface area contributed by atoms with Crippen LogP contribution in [0.4, 0.5) is 11.4 Å². The molecule has 1 aromatic heterocycles. The van der Waals surface area contributed by atoms with Crippen LogP contribution in [0.1, 0.15) is 66.2 Å². The van der Waals surface area contributed by atoms with E-state index < -0.39 is 0 Å². The van der Waals surface area contributed by atoms with Gasteiger partial charge in [0, 0.05) is 29.7 Å². The molecule has 2 N–H and O–H groups in total. The van der Waals surface area contributed by atoms with Crippen molar-refractivity contribution in [2.24, 2.45) is 0 Å². The second-order valence-corrected chi connectivity index (χ2v) is 6.89. The van der Waals surface area contributed by atoms with Crippen molar-refractivity contribution >= 4 is 23.1 Å². The van der Waals surface area contributed by atoms with Crippen LogP contribution >= 0.6 is 0 Å². The topological polar surface area (TPSA) is 71.1 Å². The molecule has 1 heterocycles. The Hall–Kier alpha value is -2.69. The molecule has 136 valence electrons. The lowest BCUT2D eigenvalue weighted by atomic mass is 10.1. The predicted molar refractivity (Wildman–Crippen MR) is 104 cm³/mol. The normalized spacial score (nSPS) is 15.1. The fourth-order valence-electron chi connectivity index (χ4n) is 3.32. The lowest BCUT2D eigenvalue weighted by molar-refractivity contribution is 0.101. The van der Waals surface area contributed by atoms with Crippen LogP contribution in [0, 0.1) is 0 Å². The number of pyridine rings is 1. The van der Waals surface area contributed by atoms with E-state index in [0.717, 1.165) is 18.5 Å². The molecule has 0 radical (unpaired) electrons. The lowest BCUT2D eigenvalue weighted by Gasteiger charge is -2.17. The molecule has 1 amide bonds. The fourth-order valence-corrected chi connectivity index (χ4v) is 3.32. The highest BCUT2D eigenvalue weighted by molar-refractivity contribution is 6.05. The molecule has 0 atom stereocenters. The molecule has 3 rings (SSSR count). The standard InChI is InChI=1S/C21H25N3O2/c1-15(25)16-7-6-10-19(11-16)24-21(26)17-12-20(14-22-13-17)23-18-8-4-2-3-5-9-18/h6-7,10-14,18,23H,2-5,8-9H2,1H3,(H,24,26). The Labute approximate surface area is 154 Å². The number of amides is 1. The van der Waals surface area contributed by atoms with Gasteiger partial charge in [-0.3, -0.25) is 14.6 Å². The fraction of sp³-hybridized carbons (Fsp3) is 0.381. The first-order valence-corrected chi connectivity index (χ1v) is 9.26. The summed E-state index contributed by atoms with van der Waals surface area (Å²) in [6.07, 6.45) is 10.7. The molecular weight excluding hydrogens is 326 g/mol. The van der Waals surface area contributed by atoms with Gasteiger partial charge in [-0.2, -0.15) is 0 Å². The maximum Gasteiger partial charge on any atom is 0.257 e. The van der Waals surface area contributed by atoms with Gasteiger partial charge in [-0.25, -0.2) is 0 Å². The first-order chi connectivity index (χ1) is 12.6. The van der Waals surface area contributed by atoms with Gasteiger partial charge in [0.1, 0.15) is 0 Å². The van der Waals surface area contributed by atoms with Crippen molar-refractivity contribution in [2.45, 2.75) is 51.5 Å². The molecule has 0 spiro atoms.